The minimum Gasteiger partial charge on any atom is -0.342 e. The number of halogens is 2. The lowest BCUT2D eigenvalue weighted by Gasteiger charge is -2.32. The summed E-state index contributed by atoms with van der Waals surface area (Å²) in [6, 6.07) is 4.59. The molecule has 1 saturated carbocycles. The zero-order chi connectivity index (χ0) is 15.2. The molecule has 1 unspecified atom stereocenters. The number of hydrogen-bond acceptors (Lipinski definition) is 2. The number of rotatable bonds is 2. The summed E-state index contributed by atoms with van der Waals surface area (Å²) in [5.41, 5.74) is -0.721. The Hall–Kier alpha value is -1.43. The normalized spacial score (nSPS) is 26.5. The third-order valence-corrected chi connectivity index (χ3v) is 4.89. The lowest BCUT2D eigenvalue weighted by atomic mass is 9.94. The number of carbonyl (C=O) groups excluding carboxylic acids is 2. The minimum absolute atomic E-state index is 0.139. The van der Waals surface area contributed by atoms with Gasteiger partial charge in [-0.3, -0.25) is 9.59 Å². The Kier molecular flexibility index (Phi) is 3.51. The van der Waals surface area contributed by atoms with E-state index in [0.717, 1.165) is 12.8 Å². The van der Waals surface area contributed by atoms with Crippen LogP contribution in [0, 0.1) is 11.7 Å². The van der Waals surface area contributed by atoms with Crippen molar-refractivity contribution in [3.8, 4) is 0 Å². The van der Waals surface area contributed by atoms with Gasteiger partial charge in [-0.15, -0.1) is 0 Å². The Morgan fingerprint density at radius 2 is 2.10 bits per heavy atom. The van der Waals surface area contributed by atoms with Gasteiger partial charge in [0.1, 0.15) is 11.4 Å². The quantitative estimate of drug-likeness (QED) is 0.887. The molecule has 2 aliphatic rings. The first kappa shape index (κ1) is 14.5. The van der Waals surface area contributed by atoms with Crippen LogP contribution in [0.15, 0.2) is 22.7 Å². The highest BCUT2D eigenvalue weighted by molar-refractivity contribution is 9.10. The number of hydrogen-bond donors (Lipinski definition) is 1. The minimum atomic E-state index is -0.935. The maximum atomic E-state index is 14.2. The molecule has 1 heterocycles. The van der Waals surface area contributed by atoms with Gasteiger partial charge >= 0.3 is 0 Å². The first-order chi connectivity index (χ1) is 9.93. The van der Waals surface area contributed by atoms with Gasteiger partial charge in [0.15, 0.2) is 0 Å². The molecule has 3 rings (SSSR count). The van der Waals surface area contributed by atoms with Gasteiger partial charge in [-0.2, -0.15) is 0 Å². The van der Waals surface area contributed by atoms with E-state index in [4.69, 9.17) is 0 Å². The highest BCUT2D eigenvalue weighted by Crippen LogP contribution is 2.43. The molecule has 2 fully saturated rings. The van der Waals surface area contributed by atoms with Gasteiger partial charge < -0.3 is 10.2 Å². The van der Waals surface area contributed by atoms with Gasteiger partial charge in [0.25, 0.3) is 5.91 Å². The van der Waals surface area contributed by atoms with Crippen LogP contribution in [0.3, 0.4) is 0 Å². The molecule has 1 aromatic carbocycles. The molecular formula is C15H16BrFN2O2. The van der Waals surface area contributed by atoms with Gasteiger partial charge in [-0.25, -0.2) is 4.39 Å². The van der Waals surface area contributed by atoms with E-state index in [0.29, 0.717) is 4.47 Å². The van der Waals surface area contributed by atoms with E-state index < -0.39 is 11.4 Å². The van der Waals surface area contributed by atoms with Crippen LogP contribution in [0.4, 0.5) is 10.1 Å². The highest BCUT2D eigenvalue weighted by Gasteiger charge is 2.51. The SMILES string of the molecule is CC1(C2CC2)NC(=O)CCN(c2c(F)cccc2Br)C1=O. The molecule has 6 heteroatoms. The Bertz CT molecular complexity index is 597. The van der Waals surface area contributed by atoms with Gasteiger partial charge in [0, 0.05) is 17.4 Å². The highest BCUT2D eigenvalue weighted by atomic mass is 79.9. The van der Waals surface area contributed by atoms with Crippen molar-refractivity contribution in [2.75, 3.05) is 11.4 Å². The second-order valence-corrected chi connectivity index (χ2v) is 6.66. The van der Waals surface area contributed by atoms with Crippen molar-refractivity contribution in [2.24, 2.45) is 5.92 Å². The molecule has 0 bridgehead atoms. The van der Waals surface area contributed by atoms with E-state index in [2.05, 4.69) is 21.2 Å². The topological polar surface area (TPSA) is 49.4 Å². The third kappa shape index (κ3) is 2.46. The summed E-state index contributed by atoms with van der Waals surface area (Å²) in [7, 11) is 0. The Labute approximate surface area is 130 Å². The molecular weight excluding hydrogens is 339 g/mol. The van der Waals surface area contributed by atoms with Crippen LogP contribution < -0.4 is 10.2 Å². The summed E-state index contributed by atoms with van der Waals surface area (Å²) in [5.74, 6) is -0.723. The molecule has 1 aromatic rings. The Morgan fingerprint density at radius 1 is 1.38 bits per heavy atom. The molecule has 1 atom stereocenters. The largest absolute Gasteiger partial charge is 0.342 e. The summed E-state index contributed by atoms with van der Waals surface area (Å²) in [6.45, 7) is 1.93. The van der Waals surface area contributed by atoms with Gasteiger partial charge in [-0.1, -0.05) is 6.07 Å². The first-order valence-electron chi connectivity index (χ1n) is 7.00. The fourth-order valence-electron chi connectivity index (χ4n) is 2.90. The molecule has 1 aliphatic carbocycles. The van der Waals surface area contributed by atoms with Crippen LogP contribution in [0.2, 0.25) is 0 Å². The molecule has 1 saturated heterocycles. The fraction of sp³-hybridized carbons (Fsp3) is 0.467. The predicted octanol–water partition coefficient (Wildman–Crippen LogP) is 2.61. The third-order valence-electron chi connectivity index (χ3n) is 4.25. The zero-order valence-electron chi connectivity index (χ0n) is 11.7. The van der Waals surface area contributed by atoms with E-state index in [1.165, 1.54) is 11.0 Å². The smallest absolute Gasteiger partial charge is 0.252 e. The lowest BCUT2D eigenvalue weighted by molar-refractivity contribution is -0.130. The van der Waals surface area contributed by atoms with Crippen LogP contribution in [0.5, 0.6) is 0 Å². The number of carbonyl (C=O) groups is 2. The summed E-state index contributed by atoms with van der Waals surface area (Å²) in [4.78, 5) is 26.2. The van der Waals surface area contributed by atoms with Gasteiger partial charge in [0.2, 0.25) is 5.91 Å². The first-order valence-corrected chi connectivity index (χ1v) is 7.80. The lowest BCUT2D eigenvalue weighted by Crippen LogP contribution is -2.57. The molecule has 1 N–H and O–H groups in total. The average Bonchev–Trinajstić information content (AvgIpc) is 3.25. The number of para-hydroxylation sites is 1. The molecule has 0 spiro atoms. The van der Waals surface area contributed by atoms with Crippen molar-refractivity contribution in [3.05, 3.63) is 28.5 Å². The average molecular weight is 355 g/mol. The van der Waals surface area contributed by atoms with E-state index >= 15 is 0 Å². The van der Waals surface area contributed by atoms with Crippen molar-refractivity contribution in [2.45, 2.75) is 31.7 Å². The molecule has 0 radical (unpaired) electrons. The monoisotopic (exact) mass is 354 g/mol. The summed E-state index contributed by atoms with van der Waals surface area (Å²) >= 11 is 3.30. The van der Waals surface area contributed by atoms with E-state index in [-0.39, 0.29) is 36.4 Å². The molecule has 2 amide bonds. The summed E-state index contributed by atoms with van der Waals surface area (Å²) < 4.78 is 14.7. The number of nitrogens with zero attached hydrogens (tertiary/aromatic N) is 1. The number of anilines is 1. The Balaban J connectivity index is 2.05. The summed E-state index contributed by atoms with van der Waals surface area (Å²) in [5, 5.41) is 2.84. The van der Waals surface area contributed by atoms with Gasteiger partial charge in [0.05, 0.1) is 5.69 Å². The van der Waals surface area contributed by atoms with Crippen LogP contribution in [0.25, 0.3) is 0 Å². The van der Waals surface area contributed by atoms with Crippen molar-refractivity contribution >= 4 is 33.4 Å². The van der Waals surface area contributed by atoms with E-state index in [9.17, 15) is 14.0 Å². The Morgan fingerprint density at radius 3 is 2.71 bits per heavy atom. The van der Waals surface area contributed by atoms with Crippen LogP contribution >= 0.6 is 15.9 Å². The predicted molar refractivity (Wildman–Crippen MR) is 80.3 cm³/mol. The second-order valence-electron chi connectivity index (χ2n) is 5.80. The zero-order valence-corrected chi connectivity index (χ0v) is 13.2. The standard InChI is InChI=1S/C15H16BrFN2O2/c1-15(9-5-6-9)14(21)19(8-7-12(20)18-15)13-10(16)3-2-4-11(13)17/h2-4,9H,5-8H2,1H3,(H,18,20). The van der Waals surface area contributed by atoms with Crippen LogP contribution in [-0.4, -0.2) is 23.9 Å². The number of benzene rings is 1. The molecule has 4 nitrogen and oxygen atoms in total. The van der Waals surface area contributed by atoms with Gasteiger partial charge in [-0.05, 0) is 53.7 Å². The molecule has 0 aromatic heterocycles. The second kappa shape index (κ2) is 5.09. The van der Waals surface area contributed by atoms with E-state index in [1.807, 2.05) is 0 Å². The maximum absolute atomic E-state index is 14.2. The maximum Gasteiger partial charge on any atom is 0.252 e. The number of amides is 2. The van der Waals surface area contributed by atoms with Crippen LogP contribution in [-0.2, 0) is 9.59 Å². The molecule has 21 heavy (non-hydrogen) atoms. The fourth-order valence-corrected chi connectivity index (χ4v) is 3.45. The van der Waals surface area contributed by atoms with Crippen molar-refractivity contribution < 1.29 is 14.0 Å². The summed E-state index contributed by atoms with van der Waals surface area (Å²) in [6.07, 6.45) is 2.00. The molecule has 112 valence electrons. The number of nitrogens with one attached hydrogen (secondary N) is 1. The van der Waals surface area contributed by atoms with Crippen molar-refractivity contribution in [1.82, 2.24) is 5.32 Å². The molecule has 1 aliphatic heterocycles. The van der Waals surface area contributed by atoms with Crippen molar-refractivity contribution in [3.63, 3.8) is 0 Å². The van der Waals surface area contributed by atoms with Crippen LogP contribution in [0.1, 0.15) is 26.2 Å². The van der Waals surface area contributed by atoms with Crippen molar-refractivity contribution in [1.29, 1.82) is 0 Å². The van der Waals surface area contributed by atoms with E-state index in [1.54, 1.807) is 19.1 Å².